The van der Waals surface area contributed by atoms with Crippen molar-refractivity contribution in [1.82, 2.24) is 25.0 Å². The lowest BCUT2D eigenvalue weighted by Crippen LogP contribution is -2.38. The van der Waals surface area contributed by atoms with E-state index in [-0.39, 0.29) is 23.8 Å². The van der Waals surface area contributed by atoms with E-state index in [2.05, 4.69) is 94.3 Å². The predicted octanol–water partition coefficient (Wildman–Crippen LogP) is 4.16. The average Bonchev–Trinajstić information content (AvgIpc) is 3.51. The van der Waals surface area contributed by atoms with Crippen LogP contribution in [-0.2, 0) is 29.0 Å². The quantitative estimate of drug-likeness (QED) is 0.542. The van der Waals surface area contributed by atoms with E-state index >= 15 is 0 Å². The Labute approximate surface area is 213 Å². The molecule has 2 aliphatic rings. The van der Waals surface area contributed by atoms with Crippen molar-refractivity contribution in [2.45, 2.75) is 52.7 Å². The Morgan fingerprint density at radius 3 is 2.61 bits per heavy atom. The summed E-state index contributed by atoms with van der Waals surface area (Å²) >= 11 is 0. The molecule has 2 atom stereocenters. The molecule has 2 aromatic carbocycles. The van der Waals surface area contributed by atoms with Crippen LogP contribution in [0.15, 0.2) is 48.5 Å². The number of carbonyl (C=O) groups excluding carboxylic acids is 1. The molecule has 3 heterocycles. The summed E-state index contributed by atoms with van der Waals surface area (Å²) in [4.78, 5) is 15.3. The van der Waals surface area contributed by atoms with Crippen molar-refractivity contribution >= 4 is 5.91 Å². The highest BCUT2D eigenvalue weighted by molar-refractivity contribution is 5.79. The summed E-state index contributed by atoms with van der Waals surface area (Å²) in [6.45, 7) is 11.2. The summed E-state index contributed by atoms with van der Waals surface area (Å²) in [5.41, 5.74) is 5.16. The summed E-state index contributed by atoms with van der Waals surface area (Å²) < 4.78 is 7.65. The number of carbonyl (C=O) groups is 1. The van der Waals surface area contributed by atoms with Gasteiger partial charge in [0, 0.05) is 39.2 Å². The normalized spacial score (nSPS) is 19.2. The van der Waals surface area contributed by atoms with Crippen LogP contribution >= 0.6 is 0 Å². The third-order valence-corrected chi connectivity index (χ3v) is 7.51. The Kier molecular flexibility index (Phi) is 7.48. The average molecular weight is 488 g/mol. The topological polar surface area (TPSA) is 72.3 Å². The molecule has 1 aromatic heterocycles. The van der Waals surface area contributed by atoms with Gasteiger partial charge in [-0.1, -0.05) is 62.4 Å². The first-order valence-corrected chi connectivity index (χ1v) is 13.2. The molecule has 1 fully saturated rings. The minimum atomic E-state index is -0.153. The van der Waals surface area contributed by atoms with Crippen LogP contribution in [0.4, 0.5) is 0 Å². The SMILES string of the molecule is Cc1ccccc1-c1ccc(CN2CCc3nnc(C(NC(=O)C4CCOC4)C(C)C)n3CC2)cc1. The fraction of sp³-hybridized carbons (Fsp3) is 0.483. The number of benzene rings is 2. The van der Waals surface area contributed by atoms with Gasteiger partial charge in [-0.15, -0.1) is 10.2 Å². The molecule has 190 valence electrons. The minimum Gasteiger partial charge on any atom is -0.381 e. The lowest BCUT2D eigenvalue weighted by atomic mass is 9.99. The first kappa shape index (κ1) is 24.7. The Hall–Kier alpha value is -3.03. The number of aryl methyl sites for hydroxylation is 1. The van der Waals surface area contributed by atoms with Crippen LogP contribution in [0.5, 0.6) is 0 Å². The molecule has 1 amide bonds. The van der Waals surface area contributed by atoms with E-state index in [1.165, 1.54) is 22.3 Å². The first-order chi connectivity index (χ1) is 17.5. The number of nitrogens with zero attached hydrogens (tertiary/aromatic N) is 4. The first-order valence-electron chi connectivity index (χ1n) is 13.2. The molecule has 7 heteroatoms. The van der Waals surface area contributed by atoms with Crippen LogP contribution in [-0.4, -0.2) is 51.9 Å². The van der Waals surface area contributed by atoms with Crippen LogP contribution in [0.3, 0.4) is 0 Å². The van der Waals surface area contributed by atoms with E-state index < -0.39 is 0 Å². The highest BCUT2D eigenvalue weighted by atomic mass is 16.5. The fourth-order valence-corrected chi connectivity index (χ4v) is 5.26. The van der Waals surface area contributed by atoms with E-state index in [1.54, 1.807) is 0 Å². The third kappa shape index (κ3) is 5.37. The van der Waals surface area contributed by atoms with Crippen LogP contribution in [0.2, 0.25) is 0 Å². The molecule has 0 bridgehead atoms. The molecule has 5 rings (SSSR count). The number of fused-ring (bicyclic) bond motifs is 1. The number of rotatable bonds is 7. The van der Waals surface area contributed by atoms with Gasteiger partial charge < -0.3 is 14.6 Å². The summed E-state index contributed by atoms with van der Waals surface area (Å²) in [6, 6.07) is 17.3. The second kappa shape index (κ2) is 10.9. The number of hydrogen-bond donors (Lipinski definition) is 1. The third-order valence-electron chi connectivity index (χ3n) is 7.51. The smallest absolute Gasteiger partial charge is 0.226 e. The van der Waals surface area contributed by atoms with Gasteiger partial charge >= 0.3 is 0 Å². The standard InChI is InChI=1S/C29H37N5O2/c1-20(2)27(30-29(35)24-13-17-36-19-24)28-32-31-26-12-14-33(15-16-34(26)28)18-22-8-10-23(11-9-22)25-7-5-4-6-21(25)3/h4-11,20,24,27H,12-19H2,1-3H3,(H,30,35). The summed E-state index contributed by atoms with van der Waals surface area (Å²) in [7, 11) is 0. The van der Waals surface area contributed by atoms with Gasteiger partial charge in [0.25, 0.3) is 0 Å². The Morgan fingerprint density at radius 2 is 1.89 bits per heavy atom. The van der Waals surface area contributed by atoms with Crippen LogP contribution in [0.1, 0.15) is 49.1 Å². The van der Waals surface area contributed by atoms with Crippen molar-refractivity contribution in [3.8, 4) is 11.1 Å². The zero-order valence-electron chi connectivity index (χ0n) is 21.6. The Bertz CT molecular complexity index is 1180. The van der Waals surface area contributed by atoms with Crippen molar-refractivity contribution in [1.29, 1.82) is 0 Å². The molecule has 0 radical (unpaired) electrons. The lowest BCUT2D eigenvalue weighted by molar-refractivity contribution is -0.126. The molecule has 0 saturated carbocycles. The second-order valence-electron chi connectivity index (χ2n) is 10.5. The van der Waals surface area contributed by atoms with Crippen molar-refractivity contribution in [2.75, 3.05) is 26.3 Å². The molecule has 1 saturated heterocycles. The van der Waals surface area contributed by atoms with Crippen molar-refractivity contribution in [2.24, 2.45) is 11.8 Å². The maximum atomic E-state index is 12.8. The van der Waals surface area contributed by atoms with E-state index in [1.807, 2.05) is 0 Å². The van der Waals surface area contributed by atoms with Crippen molar-refractivity contribution in [3.63, 3.8) is 0 Å². The van der Waals surface area contributed by atoms with Crippen molar-refractivity contribution < 1.29 is 9.53 Å². The minimum absolute atomic E-state index is 0.0629. The Morgan fingerprint density at radius 1 is 1.08 bits per heavy atom. The molecule has 2 aliphatic heterocycles. The molecule has 7 nitrogen and oxygen atoms in total. The van der Waals surface area contributed by atoms with Gasteiger partial charge in [-0.05, 0) is 41.5 Å². The second-order valence-corrected chi connectivity index (χ2v) is 10.5. The number of hydrogen-bond acceptors (Lipinski definition) is 5. The van der Waals surface area contributed by atoms with Gasteiger partial charge in [0.1, 0.15) is 5.82 Å². The summed E-state index contributed by atoms with van der Waals surface area (Å²) in [5, 5.41) is 12.3. The maximum absolute atomic E-state index is 12.8. The molecule has 2 unspecified atom stereocenters. The van der Waals surface area contributed by atoms with Gasteiger partial charge in [0.15, 0.2) is 5.82 Å². The van der Waals surface area contributed by atoms with Crippen LogP contribution in [0.25, 0.3) is 11.1 Å². The Balaban J connectivity index is 1.24. The van der Waals surface area contributed by atoms with Crippen molar-refractivity contribution in [3.05, 3.63) is 71.3 Å². The molecular formula is C29H37N5O2. The van der Waals surface area contributed by atoms with Crippen LogP contribution < -0.4 is 5.32 Å². The van der Waals surface area contributed by atoms with Gasteiger partial charge in [0.05, 0.1) is 18.6 Å². The van der Waals surface area contributed by atoms with Gasteiger partial charge in [-0.2, -0.15) is 0 Å². The predicted molar refractivity (Wildman–Crippen MR) is 140 cm³/mol. The number of nitrogens with one attached hydrogen (secondary N) is 1. The molecule has 36 heavy (non-hydrogen) atoms. The number of aromatic nitrogens is 3. The van der Waals surface area contributed by atoms with E-state index in [0.717, 1.165) is 50.7 Å². The van der Waals surface area contributed by atoms with Gasteiger partial charge in [0.2, 0.25) is 5.91 Å². The largest absolute Gasteiger partial charge is 0.381 e. The zero-order valence-corrected chi connectivity index (χ0v) is 21.6. The van der Waals surface area contributed by atoms with E-state index in [0.29, 0.717) is 13.2 Å². The molecule has 0 spiro atoms. The maximum Gasteiger partial charge on any atom is 0.226 e. The molecule has 0 aliphatic carbocycles. The highest BCUT2D eigenvalue weighted by Gasteiger charge is 2.31. The zero-order chi connectivity index (χ0) is 25.1. The fourth-order valence-electron chi connectivity index (χ4n) is 5.26. The summed E-state index contributed by atoms with van der Waals surface area (Å²) in [5.74, 6) is 2.09. The molecular weight excluding hydrogens is 450 g/mol. The monoisotopic (exact) mass is 487 g/mol. The molecule has 1 N–H and O–H groups in total. The lowest BCUT2D eigenvalue weighted by Gasteiger charge is -2.24. The number of amides is 1. The van der Waals surface area contributed by atoms with Gasteiger partial charge in [-0.3, -0.25) is 9.69 Å². The van der Waals surface area contributed by atoms with E-state index in [9.17, 15) is 4.79 Å². The summed E-state index contributed by atoms with van der Waals surface area (Å²) in [6.07, 6.45) is 1.64. The van der Waals surface area contributed by atoms with Gasteiger partial charge in [-0.25, -0.2) is 0 Å². The highest BCUT2D eigenvalue weighted by Crippen LogP contribution is 2.26. The number of ether oxygens (including phenoxy) is 1. The molecule has 3 aromatic rings. The van der Waals surface area contributed by atoms with E-state index in [4.69, 9.17) is 4.74 Å². The van der Waals surface area contributed by atoms with Crippen LogP contribution in [0, 0.1) is 18.8 Å².